The third kappa shape index (κ3) is 3.30. The molecule has 0 saturated heterocycles. The van der Waals surface area contributed by atoms with Crippen molar-refractivity contribution >= 4 is 0 Å². The number of hydrogen-bond acceptors (Lipinski definition) is 1. The topological polar surface area (TPSA) is 12.0 Å². The highest BCUT2D eigenvalue weighted by molar-refractivity contribution is 4.81. The molecule has 1 saturated carbocycles. The molecular weight excluding hydrogens is 158 g/mol. The molecule has 1 rings (SSSR count). The highest BCUT2D eigenvalue weighted by atomic mass is 14.9. The van der Waals surface area contributed by atoms with Crippen LogP contribution in [0.25, 0.3) is 0 Å². The molecule has 1 aliphatic rings. The number of nitrogens with one attached hydrogen (secondary N) is 1. The minimum Gasteiger partial charge on any atom is -0.316 e. The predicted molar refractivity (Wildman–Crippen MR) is 58.9 cm³/mol. The van der Waals surface area contributed by atoms with Gasteiger partial charge in [-0.25, -0.2) is 0 Å². The van der Waals surface area contributed by atoms with Crippen molar-refractivity contribution in [2.24, 2.45) is 11.3 Å². The Bertz CT molecular complexity index is 142. The molecule has 1 fully saturated rings. The van der Waals surface area contributed by atoms with Gasteiger partial charge in [-0.05, 0) is 31.2 Å². The molecule has 0 amide bonds. The van der Waals surface area contributed by atoms with E-state index >= 15 is 0 Å². The Labute approximate surface area is 83.3 Å². The lowest BCUT2D eigenvalue weighted by Gasteiger charge is -2.33. The van der Waals surface area contributed by atoms with Crippen LogP contribution in [-0.4, -0.2) is 13.1 Å². The molecule has 13 heavy (non-hydrogen) atoms. The van der Waals surface area contributed by atoms with E-state index in [0.29, 0.717) is 11.5 Å². The number of rotatable bonds is 4. The molecule has 0 bridgehead atoms. The molecular formula is C12H25N. The summed E-state index contributed by atoms with van der Waals surface area (Å²) < 4.78 is 0. The van der Waals surface area contributed by atoms with Crippen molar-refractivity contribution < 1.29 is 0 Å². The van der Waals surface area contributed by atoms with Crippen LogP contribution in [0.15, 0.2) is 0 Å². The van der Waals surface area contributed by atoms with Gasteiger partial charge in [0.05, 0.1) is 0 Å². The molecule has 1 unspecified atom stereocenters. The third-order valence-corrected chi connectivity index (χ3v) is 3.48. The van der Waals surface area contributed by atoms with Crippen molar-refractivity contribution in [3.05, 3.63) is 0 Å². The zero-order valence-corrected chi connectivity index (χ0v) is 9.69. The zero-order valence-electron chi connectivity index (χ0n) is 9.69. The minimum atomic E-state index is 0.415. The van der Waals surface area contributed by atoms with Crippen LogP contribution >= 0.6 is 0 Å². The van der Waals surface area contributed by atoms with E-state index in [1.807, 2.05) is 0 Å². The normalized spacial score (nSPS) is 21.2. The van der Waals surface area contributed by atoms with Gasteiger partial charge in [-0.2, -0.15) is 0 Å². The van der Waals surface area contributed by atoms with Crippen LogP contribution in [0.2, 0.25) is 0 Å². The molecule has 1 nitrogen and oxygen atoms in total. The predicted octanol–water partition coefficient (Wildman–Crippen LogP) is 3.20. The summed E-state index contributed by atoms with van der Waals surface area (Å²) in [7, 11) is 2.09. The first kappa shape index (κ1) is 11.0. The van der Waals surface area contributed by atoms with Gasteiger partial charge < -0.3 is 5.32 Å². The lowest BCUT2D eigenvalue weighted by molar-refractivity contribution is 0.220. The van der Waals surface area contributed by atoms with Gasteiger partial charge in [-0.15, -0.1) is 0 Å². The quantitative estimate of drug-likeness (QED) is 0.706. The maximum absolute atomic E-state index is 3.45. The minimum absolute atomic E-state index is 0.415. The lowest BCUT2D eigenvalue weighted by atomic mass is 9.77. The van der Waals surface area contributed by atoms with Crippen molar-refractivity contribution in [3.8, 4) is 0 Å². The Hall–Kier alpha value is -0.0400. The smallest absolute Gasteiger partial charge is 0.0113 e. The summed E-state index contributed by atoms with van der Waals surface area (Å²) in [6.45, 7) is 6.98. The van der Waals surface area contributed by atoms with E-state index in [9.17, 15) is 0 Å². The van der Waals surface area contributed by atoms with Crippen LogP contribution in [0.1, 0.15) is 52.9 Å². The Kier molecular flexibility index (Phi) is 3.78. The van der Waals surface area contributed by atoms with Crippen LogP contribution in [-0.2, 0) is 0 Å². The fourth-order valence-electron chi connectivity index (χ4n) is 2.19. The van der Waals surface area contributed by atoms with Gasteiger partial charge in [0.15, 0.2) is 0 Å². The monoisotopic (exact) mass is 183 g/mol. The van der Waals surface area contributed by atoms with E-state index in [0.717, 1.165) is 5.92 Å². The Balaban J connectivity index is 2.22. The summed E-state index contributed by atoms with van der Waals surface area (Å²) in [5, 5.41) is 3.45. The largest absolute Gasteiger partial charge is 0.316 e. The summed E-state index contributed by atoms with van der Waals surface area (Å²) in [6.07, 6.45) is 7.24. The van der Waals surface area contributed by atoms with Gasteiger partial charge in [0.2, 0.25) is 0 Å². The van der Waals surface area contributed by atoms with Gasteiger partial charge in [-0.1, -0.05) is 40.0 Å². The summed E-state index contributed by atoms with van der Waals surface area (Å²) in [6, 6.07) is 0.688. The highest BCUT2D eigenvalue weighted by Gasteiger charge is 2.25. The van der Waals surface area contributed by atoms with E-state index in [2.05, 4.69) is 33.1 Å². The van der Waals surface area contributed by atoms with Crippen LogP contribution in [0, 0.1) is 11.3 Å². The first-order valence-corrected chi connectivity index (χ1v) is 5.71. The van der Waals surface area contributed by atoms with Gasteiger partial charge in [0.25, 0.3) is 0 Å². The van der Waals surface area contributed by atoms with E-state index in [-0.39, 0.29) is 0 Å². The molecule has 1 heteroatoms. The van der Waals surface area contributed by atoms with Crippen LogP contribution in [0.5, 0.6) is 0 Å². The molecule has 0 aromatic carbocycles. The average Bonchev–Trinajstić information content (AvgIpc) is 1.91. The Morgan fingerprint density at radius 2 is 1.92 bits per heavy atom. The van der Waals surface area contributed by atoms with E-state index in [4.69, 9.17) is 0 Å². The number of hydrogen-bond donors (Lipinski definition) is 1. The van der Waals surface area contributed by atoms with Gasteiger partial charge in [0.1, 0.15) is 0 Å². The molecule has 0 heterocycles. The molecule has 0 aromatic heterocycles. The van der Waals surface area contributed by atoms with Crippen molar-refractivity contribution in [1.29, 1.82) is 0 Å². The summed E-state index contributed by atoms with van der Waals surface area (Å²) in [5.74, 6) is 1.05. The second-order valence-electron chi connectivity index (χ2n) is 5.58. The van der Waals surface area contributed by atoms with Gasteiger partial charge in [-0.3, -0.25) is 0 Å². The molecule has 0 aromatic rings. The van der Waals surface area contributed by atoms with Crippen molar-refractivity contribution in [2.75, 3.05) is 7.05 Å². The van der Waals surface area contributed by atoms with Crippen molar-refractivity contribution in [2.45, 2.75) is 58.9 Å². The first-order valence-electron chi connectivity index (χ1n) is 5.71. The van der Waals surface area contributed by atoms with E-state index in [1.54, 1.807) is 0 Å². The maximum Gasteiger partial charge on any atom is 0.0113 e. The average molecular weight is 183 g/mol. The fourth-order valence-corrected chi connectivity index (χ4v) is 2.19. The molecule has 1 atom stereocenters. The highest BCUT2D eigenvalue weighted by Crippen LogP contribution is 2.33. The van der Waals surface area contributed by atoms with Crippen LogP contribution in [0.3, 0.4) is 0 Å². The van der Waals surface area contributed by atoms with Crippen LogP contribution < -0.4 is 5.32 Å². The summed E-state index contributed by atoms with van der Waals surface area (Å²) in [4.78, 5) is 0. The molecule has 0 spiro atoms. The molecule has 0 aliphatic heterocycles. The second-order valence-corrected chi connectivity index (χ2v) is 5.58. The van der Waals surface area contributed by atoms with E-state index in [1.165, 1.54) is 32.1 Å². The zero-order chi connectivity index (χ0) is 9.90. The Morgan fingerprint density at radius 1 is 1.31 bits per heavy atom. The summed E-state index contributed by atoms with van der Waals surface area (Å²) in [5.41, 5.74) is 0.415. The lowest BCUT2D eigenvalue weighted by Crippen LogP contribution is -2.38. The second kappa shape index (κ2) is 4.45. The molecule has 1 aliphatic carbocycles. The van der Waals surface area contributed by atoms with E-state index < -0.39 is 0 Å². The summed E-state index contributed by atoms with van der Waals surface area (Å²) >= 11 is 0. The first-order chi connectivity index (χ1) is 6.04. The van der Waals surface area contributed by atoms with Gasteiger partial charge in [0, 0.05) is 6.04 Å². The molecule has 78 valence electrons. The third-order valence-electron chi connectivity index (χ3n) is 3.48. The Morgan fingerprint density at radius 3 is 2.23 bits per heavy atom. The molecule has 1 N–H and O–H groups in total. The molecule has 0 radical (unpaired) electrons. The standard InChI is InChI=1S/C12H25N/c1-12(2,3)11(13-4)9-8-10-6-5-7-10/h10-11,13H,5-9H2,1-4H3. The SMILES string of the molecule is CNC(CCC1CCC1)C(C)(C)C. The maximum atomic E-state index is 3.45. The van der Waals surface area contributed by atoms with Gasteiger partial charge >= 0.3 is 0 Å². The van der Waals surface area contributed by atoms with Crippen molar-refractivity contribution in [3.63, 3.8) is 0 Å². The van der Waals surface area contributed by atoms with Crippen molar-refractivity contribution in [1.82, 2.24) is 5.32 Å². The van der Waals surface area contributed by atoms with Crippen LogP contribution in [0.4, 0.5) is 0 Å². The fraction of sp³-hybridized carbons (Fsp3) is 1.00.